The fourth-order valence-electron chi connectivity index (χ4n) is 1.88. The summed E-state index contributed by atoms with van der Waals surface area (Å²) in [6.07, 6.45) is 3.07. The summed E-state index contributed by atoms with van der Waals surface area (Å²) in [4.78, 5) is 12.0. The van der Waals surface area contributed by atoms with Crippen LogP contribution in [0.3, 0.4) is 0 Å². The van der Waals surface area contributed by atoms with E-state index in [0.29, 0.717) is 27.2 Å². The van der Waals surface area contributed by atoms with Crippen molar-refractivity contribution in [2.24, 2.45) is 0 Å². The molecule has 1 amide bonds. The minimum Gasteiger partial charge on any atom is -0.497 e. The number of methoxy groups -OCH3 is 2. The first-order chi connectivity index (χ1) is 11.0. The van der Waals surface area contributed by atoms with Crippen molar-refractivity contribution in [1.29, 1.82) is 0 Å². The lowest BCUT2D eigenvalue weighted by Gasteiger charge is -2.07. The Morgan fingerprint density at radius 2 is 1.83 bits per heavy atom. The largest absolute Gasteiger partial charge is 0.497 e. The highest BCUT2D eigenvalue weighted by Crippen LogP contribution is 2.26. The number of carbonyl (C=O) groups excluding carboxylic acids is 1. The molecule has 2 aromatic rings. The zero-order valence-electron chi connectivity index (χ0n) is 12.6. The molecule has 2 aromatic carbocycles. The summed E-state index contributed by atoms with van der Waals surface area (Å²) < 4.78 is 10.4. The molecule has 0 unspecified atom stereocenters. The Morgan fingerprint density at radius 1 is 1.04 bits per heavy atom. The van der Waals surface area contributed by atoms with Gasteiger partial charge in [-0.3, -0.25) is 4.79 Å². The van der Waals surface area contributed by atoms with E-state index in [1.807, 2.05) is 0 Å². The third kappa shape index (κ3) is 4.65. The number of hydrogen-bond donors (Lipinski definition) is 1. The summed E-state index contributed by atoms with van der Waals surface area (Å²) in [7, 11) is 3.14. The van der Waals surface area contributed by atoms with Crippen LogP contribution >= 0.6 is 23.2 Å². The normalized spacial score (nSPS) is 10.6. The molecular formula is C17H15Cl2NO3. The zero-order chi connectivity index (χ0) is 16.8. The van der Waals surface area contributed by atoms with Crippen LogP contribution in [0.4, 0.5) is 5.69 Å². The fourth-order valence-corrected chi connectivity index (χ4v) is 2.18. The maximum Gasteiger partial charge on any atom is 0.248 e. The van der Waals surface area contributed by atoms with Crippen molar-refractivity contribution in [2.75, 3.05) is 19.5 Å². The van der Waals surface area contributed by atoms with E-state index in [-0.39, 0.29) is 5.91 Å². The van der Waals surface area contributed by atoms with Crippen molar-refractivity contribution in [2.45, 2.75) is 0 Å². The van der Waals surface area contributed by atoms with Gasteiger partial charge in [0.1, 0.15) is 11.5 Å². The van der Waals surface area contributed by atoms with Gasteiger partial charge in [-0.1, -0.05) is 23.2 Å². The van der Waals surface area contributed by atoms with Crippen molar-refractivity contribution < 1.29 is 14.3 Å². The molecule has 23 heavy (non-hydrogen) atoms. The average Bonchev–Trinajstić information content (AvgIpc) is 2.56. The van der Waals surface area contributed by atoms with Crippen LogP contribution in [-0.4, -0.2) is 20.1 Å². The number of anilines is 1. The Bertz CT molecular complexity index is 745. The summed E-state index contributed by atoms with van der Waals surface area (Å²) >= 11 is 11.7. The molecule has 0 saturated heterocycles. The van der Waals surface area contributed by atoms with E-state index in [4.69, 9.17) is 32.7 Å². The van der Waals surface area contributed by atoms with Crippen molar-refractivity contribution >= 4 is 40.9 Å². The first kappa shape index (κ1) is 17.2. The number of hydrogen-bond acceptors (Lipinski definition) is 3. The summed E-state index contributed by atoms with van der Waals surface area (Å²) in [6, 6.07) is 10.2. The third-order valence-corrected chi connectivity index (χ3v) is 3.78. The molecule has 0 bridgehead atoms. The van der Waals surface area contributed by atoms with E-state index < -0.39 is 0 Å². The van der Waals surface area contributed by atoms with Crippen molar-refractivity contribution in [3.05, 3.63) is 58.1 Å². The molecular weight excluding hydrogens is 337 g/mol. The predicted octanol–water partition coefficient (Wildman–Crippen LogP) is 4.66. The smallest absolute Gasteiger partial charge is 0.248 e. The van der Waals surface area contributed by atoms with Gasteiger partial charge < -0.3 is 14.8 Å². The van der Waals surface area contributed by atoms with Gasteiger partial charge in [-0.25, -0.2) is 0 Å². The molecule has 0 aliphatic carbocycles. The van der Waals surface area contributed by atoms with E-state index in [9.17, 15) is 4.79 Å². The van der Waals surface area contributed by atoms with Crippen LogP contribution < -0.4 is 14.8 Å². The molecule has 0 aliphatic heterocycles. The Morgan fingerprint density at radius 3 is 2.48 bits per heavy atom. The van der Waals surface area contributed by atoms with E-state index >= 15 is 0 Å². The van der Waals surface area contributed by atoms with Gasteiger partial charge in [-0.15, -0.1) is 0 Å². The Labute approximate surface area is 144 Å². The van der Waals surface area contributed by atoms with E-state index in [1.165, 1.54) is 6.08 Å². The average molecular weight is 352 g/mol. The van der Waals surface area contributed by atoms with Crippen LogP contribution in [0, 0.1) is 0 Å². The molecule has 0 saturated carbocycles. The van der Waals surface area contributed by atoms with Gasteiger partial charge in [-0.2, -0.15) is 0 Å². The lowest BCUT2D eigenvalue weighted by Crippen LogP contribution is -2.07. The SMILES string of the molecule is COc1ccc(C=CC(=O)Nc2ccc(Cl)c(Cl)c2)c(OC)c1. The van der Waals surface area contributed by atoms with Gasteiger partial charge in [0.25, 0.3) is 0 Å². The molecule has 0 atom stereocenters. The summed E-state index contributed by atoms with van der Waals surface area (Å²) in [5.74, 6) is 1.00. The minimum atomic E-state index is -0.290. The highest BCUT2D eigenvalue weighted by atomic mass is 35.5. The second-order valence-electron chi connectivity index (χ2n) is 4.56. The Hall–Kier alpha value is -2.17. The van der Waals surface area contributed by atoms with Crippen molar-refractivity contribution in [3.63, 3.8) is 0 Å². The van der Waals surface area contributed by atoms with Crippen LogP contribution in [0.2, 0.25) is 10.0 Å². The standard InChI is InChI=1S/C17H15Cl2NO3/c1-22-13-6-3-11(16(10-13)23-2)4-8-17(21)20-12-5-7-14(18)15(19)9-12/h3-10H,1-2H3,(H,20,21). The number of halogens is 2. The first-order valence-corrected chi connectivity index (χ1v) is 7.45. The van der Waals surface area contributed by atoms with Gasteiger partial charge >= 0.3 is 0 Å². The maximum atomic E-state index is 12.0. The number of rotatable bonds is 5. The highest BCUT2D eigenvalue weighted by Gasteiger charge is 2.04. The molecule has 2 rings (SSSR count). The molecule has 4 nitrogen and oxygen atoms in total. The maximum absolute atomic E-state index is 12.0. The molecule has 0 aliphatic rings. The minimum absolute atomic E-state index is 0.290. The van der Waals surface area contributed by atoms with Gasteiger partial charge in [0.2, 0.25) is 5.91 Å². The van der Waals surface area contributed by atoms with Gasteiger partial charge in [-0.05, 0) is 36.4 Å². The zero-order valence-corrected chi connectivity index (χ0v) is 14.1. The monoisotopic (exact) mass is 351 g/mol. The lowest BCUT2D eigenvalue weighted by molar-refractivity contribution is -0.111. The fraction of sp³-hybridized carbons (Fsp3) is 0.118. The van der Waals surface area contributed by atoms with Crippen LogP contribution in [0.1, 0.15) is 5.56 Å². The van der Waals surface area contributed by atoms with Crippen LogP contribution in [0.5, 0.6) is 11.5 Å². The second-order valence-corrected chi connectivity index (χ2v) is 5.37. The van der Waals surface area contributed by atoms with Gasteiger partial charge in [0.05, 0.1) is 24.3 Å². The van der Waals surface area contributed by atoms with Crippen molar-refractivity contribution in [1.82, 2.24) is 0 Å². The Kier molecular flexibility index (Phi) is 5.90. The van der Waals surface area contributed by atoms with E-state index in [2.05, 4.69) is 5.32 Å². The molecule has 0 aromatic heterocycles. The van der Waals surface area contributed by atoms with Gasteiger partial charge in [0.15, 0.2) is 0 Å². The molecule has 1 N–H and O–H groups in total. The van der Waals surface area contributed by atoms with Crippen LogP contribution in [0.15, 0.2) is 42.5 Å². The number of amides is 1. The summed E-state index contributed by atoms with van der Waals surface area (Å²) in [5, 5.41) is 3.52. The summed E-state index contributed by atoms with van der Waals surface area (Å²) in [5.41, 5.74) is 1.33. The number of carbonyl (C=O) groups is 1. The summed E-state index contributed by atoms with van der Waals surface area (Å²) in [6.45, 7) is 0. The highest BCUT2D eigenvalue weighted by molar-refractivity contribution is 6.42. The number of ether oxygens (including phenoxy) is 2. The molecule has 120 valence electrons. The molecule has 0 radical (unpaired) electrons. The van der Waals surface area contributed by atoms with E-state index in [1.54, 1.807) is 56.7 Å². The number of benzene rings is 2. The number of nitrogens with one attached hydrogen (secondary N) is 1. The molecule has 0 spiro atoms. The van der Waals surface area contributed by atoms with Crippen LogP contribution in [-0.2, 0) is 4.79 Å². The Balaban J connectivity index is 2.10. The van der Waals surface area contributed by atoms with Crippen molar-refractivity contribution in [3.8, 4) is 11.5 Å². The predicted molar refractivity (Wildman–Crippen MR) is 93.7 cm³/mol. The molecule has 6 heteroatoms. The lowest BCUT2D eigenvalue weighted by atomic mass is 10.1. The van der Waals surface area contributed by atoms with E-state index in [0.717, 1.165) is 5.56 Å². The first-order valence-electron chi connectivity index (χ1n) is 6.69. The topological polar surface area (TPSA) is 47.6 Å². The third-order valence-electron chi connectivity index (χ3n) is 3.04. The van der Waals surface area contributed by atoms with Gasteiger partial charge in [0, 0.05) is 23.4 Å². The molecule has 0 fully saturated rings. The molecule has 0 heterocycles. The van der Waals surface area contributed by atoms with Crippen LogP contribution in [0.25, 0.3) is 6.08 Å². The quantitative estimate of drug-likeness (QED) is 0.796. The second kappa shape index (κ2) is 7.90.